The molecular weight excluding hydrogens is 252 g/mol. The van der Waals surface area contributed by atoms with Gasteiger partial charge in [0, 0.05) is 26.6 Å². The first kappa shape index (κ1) is 17.4. The molecule has 0 saturated carbocycles. The van der Waals surface area contributed by atoms with E-state index in [0.717, 1.165) is 19.3 Å². The SMILES string of the molecule is CCCCCN(CCNS(=O)(=O)CCC)C(C)=O. The van der Waals surface area contributed by atoms with Crippen molar-refractivity contribution in [1.82, 2.24) is 9.62 Å². The molecule has 0 atom stereocenters. The molecule has 0 aromatic rings. The number of carbonyl (C=O) groups is 1. The molecule has 0 bridgehead atoms. The van der Waals surface area contributed by atoms with E-state index in [9.17, 15) is 13.2 Å². The van der Waals surface area contributed by atoms with Gasteiger partial charge in [-0.3, -0.25) is 4.79 Å². The third-order valence-corrected chi connectivity index (χ3v) is 4.24. The molecule has 1 N–H and O–H groups in total. The number of hydrogen-bond acceptors (Lipinski definition) is 3. The molecule has 0 aliphatic heterocycles. The lowest BCUT2D eigenvalue weighted by molar-refractivity contribution is -0.128. The highest BCUT2D eigenvalue weighted by Gasteiger charge is 2.11. The van der Waals surface area contributed by atoms with E-state index in [1.165, 1.54) is 6.92 Å². The van der Waals surface area contributed by atoms with Gasteiger partial charge in [0.25, 0.3) is 0 Å². The van der Waals surface area contributed by atoms with Gasteiger partial charge in [-0.25, -0.2) is 13.1 Å². The van der Waals surface area contributed by atoms with Gasteiger partial charge in [-0.2, -0.15) is 0 Å². The summed E-state index contributed by atoms with van der Waals surface area (Å²) in [5.74, 6) is 0.143. The van der Waals surface area contributed by atoms with Gasteiger partial charge in [-0.1, -0.05) is 26.7 Å². The molecule has 0 aliphatic rings. The van der Waals surface area contributed by atoms with E-state index in [0.29, 0.717) is 26.1 Å². The molecule has 0 aromatic heterocycles. The molecule has 0 rings (SSSR count). The number of amides is 1. The Labute approximate surface area is 111 Å². The number of sulfonamides is 1. The van der Waals surface area contributed by atoms with E-state index >= 15 is 0 Å². The molecule has 0 spiro atoms. The third kappa shape index (κ3) is 8.47. The average molecular weight is 278 g/mol. The Morgan fingerprint density at radius 2 is 1.78 bits per heavy atom. The molecule has 1 amide bonds. The van der Waals surface area contributed by atoms with Crippen LogP contribution in [0.5, 0.6) is 0 Å². The van der Waals surface area contributed by atoms with Crippen LogP contribution >= 0.6 is 0 Å². The number of unbranched alkanes of at least 4 members (excludes halogenated alkanes) is 2. The van der Waals surface area contributed by atoms with Gasteiger partial charge in [0.15, 0.2) is 0 Å². The summed E-state index contributed by atoms with van der Waals surface area (Å²) in [6, 6.07) is 0. The van der Waals surface area contributed by atoms with Crippen LogP contribution in [0.15, 0.2) is 0 Å². The van der Waals surface area contributed by atoms with Crippen LogP contribution in [0.4, 0.5) is 0 Å². The van der Waals surface area contributed by atoms with Crippen molar-refractivity contribution in [1.29, 1.82) is 0 Å². The summed E-state index contributed by atoms with van der Waals surface area (Å²) in [6.07, 6.45) is 3.76. The first-order valence-electron chi connectivity index (χ1n) is 6.65. The Morgan fingerprint density at radius 3 is 2.28 bits per heavy atom. The smallest absolute Gasteiger partial charge is 0.219 e. The van der Waals surface area contributed by atoms with Crippen LogP contribution in [0, 0.1) is 0 Å². The molecule has 0 fully saturated rings. The summed E-state index contributed by atoms with van der Waals surface area (Å²) in [5, 5.41) is 0. The predicted molar refractivity (Wildman–Crippen MR) is 73.9 cm³/mol. The number of hydrogen-bond donors (Lipinski definition) is 1. The average Bonchev–Trinajstić information content (AvgIpc) is 2.26. The molecule has 0 aliphatic carbocycles. The highest BCUT2D eigenvalue weighted by molar-refractivity contribution is 7.89. The monoisotopic (exact) mass is 278 g/mol. The Morgan fingerprint density at radius 1 is 1.11 bits per heavy atom. The molecule has 0 radical (unpaired) electrons. The minimum atomic E-state index is -3.17. The second kappa shape index (κ2) is 9.33. The van der Waals surface area contributed by atoms with E-state index < -0.39 is 10.0 Å². The van der Waals surface area contributed by atoms with Gasteiger partial charge in [0.2, 0.25) is 15.9 Å². The Bertz CT molecular complexity index is 328. The minimum Gasteiger partial charge on any atom is -0.342 e. The van der Waals surface area contributed by atoms with Gasteiger partial charge in [0.05, 0.1) is 5.75 Å². The Balaban J connectivity index is 4.01. The summed E-state index contributed by atoms with van der Waals surface area (Å²) < 4.78 is 25.4. The predicted octanol–water partition coefficient (Wildman–Crippen LogP) is 1.35. The lowest BCUT2D eigenvalue weighted by Crippen LogP contribution is -2.38. The highest BCUT2D eigenvalue weighted by Crippen LogP contribution is 1.99. The normalized spacial score (nSPS) is 11.5. The van der Waals surface area contributed by atoms with Gasteiger partial charge in [0.1, 0.15) is 0 Å². The highest BCUT2D eigenvalue weighted by atomic mass is 32.2. The van der Waals surface area contributed by atoms with Crippen LogP contribution < -0.4 is 4.72 Å². The maximum absolute atomic E-state index is 11.4. The zero-order chi connectivity index (χ0) is 14.0. The number of nitrogens with one attached hydrogen (secondary N) is 1. The van der Waals surface area contributed by atoms with Crippen molar-refractivity contribution < 1.29 is 13.2 Å². The van der Waals surface area contributed by atoms with Gasteiger partial charge >= 0.3 is 0 Å². The van der Waals surface area contributed by atoms with Crippen LogP contribution in [0.2, 0.25) is 0 Å². The summed E-state index contributed by atoms with van der Waals surface area (Å²) in [4.78, 5) is 13.1. The van der Waals surface area contributed by atoms with Crippen molar-refractivity contribution in [3.63, 3.8) is 0 Å². The summed E-state index contributed by atoms with van der Waals surface area (Å²) in [6.45, 7) is 6.91. The van der Waals surface area contributed by atoms with Crippen molar-refractivity contribution >= 4 is 15.9 Å². The van der Waals surface area contributed by atoms with Crippen LogP contribution in [0.3, 0.4) is 0 Å². The quantitative estimate of drug-likeness (QED) is 0.613. The van der Waals surface area contributed by atoms with Gasteiger partial charge < -0.3 is 4.90 Å². The number of rotatable bonds is 10. The first-order chi connectivity index (χ1) is 8.43. The van der Waals surface area contributed by atoms with Crippen LogP contribution in [-0.4, -0.2) is 44.6 Å². The molecule has 0 heterocycles. The van der Waals surface area contributed by atoms with E-state index in [1.807, 2.05) is 6.92 Å². The van der Waals surface area contributed by atoms with E-state index in [1.54, 1.807) is 4.90 Å². The topological polar surface area (TPSA) is 66.5 Å². The van der Waals surface area contributed by atoms with E-state index in [4.69, 9.17) is 0 Å². The van der Waals surface area contributed by atoms with Crippen LogP contribution in [0.25, 0.3) is 0 Å². The fraction of sp³-hybridized carbons (Fsp3) is 0.917. The summed E-state index contributed by atoms with van der Waals surface area (Å²) >= 11 is 0. The minimum absolute atomic E-state index is 0.000734. The number of carbonyl (C=O) groups excluding carboxylic acids is 1. The molecule has 6 heteroatoms. The molecule has 18 heavy (non-hydrogen) atoms. The second-order valence-corrected chi connectivity index (χ2v) is 6.35. The van der Waals surface area contributed by atoms with Gasteiger partial charge in [-0.05, 0) is 12.8 Å². The molecule has 0 aromatic carbocycles. The molecule has 0 unspecified atom stereocenters. The van der Waals surface area contributed by atoms with Crippen molar-refractivity contribution in [3.05, 3.63) is 0 Å². The molecule has 0 saturated heterocycles. The Hall–Kier alpha value is -0.620. The largest absolute Gasteiger partial charge is 0.342 e. The van der Waals surface area contributed by atoms with E-state index in [-0.39, 0.29) is 11.7 Å². The van der Waals surface area contributed by atoms with Crippen LogP contribution in [-0.2, 0) is 14.8 Å². The first-order valence-corrected chi connectivity index (χ1v) is 8.31. The maximum Gasteiger partial charge on any atom is 0.219 e. The van der Waals surface area contributed by atoms with Crippen molar-refractivity contribution in [2.45, 2.75) is 46.5 Å². The standard InChI is InChI=1S/C12H26N2O3S/c1-4-6-7-9-14(12(3)15)10-8-13-18(16,17)11-5-2/h13H,4-11H2,1-3H3. The summed E-state index contributed by atoms with van der Waals surface area (Å²) in [7, 11) is -3.17. The third-order valence-electron chi connectivity index (χ3n) is 2.65. The summed E-state index contributed by atoms with van der Waals surface area (Å²) in [5.41, 5.74) is 0. The lowest BCUT2D eigenvalue weighted by Gasteiger charge is -2.21. The van der Waals surface area contributed by atoms with Crippen molar-refractivity contribution in [2.75, 3.05) is 25.4 Å². The van der Waals surface area contributed by atoms with E-state index in [2.05, 4.69) is 11.6 Å². The van der Waals surface area contributed by atoms with Gasteiger partial charge in [-0.15, -0.1) is 0 Å². The fourth-order valence-corrected chi connectivity index (χ4v) is 2.74. The lowest BCUT2D eigenvalue weighted by atomic mass is 10.2. The van der Waals surface area contributed by atoms with Crippen molar-refractivity contribution in [2.24, 2.45) is 0 Å². The Kier molecular flexibility index (Phi) is 9.01. The van der Waals surface area contributed by atoms with Crippen molar-refractivity contribution in [3.8, 4) is 0 Å². The molecular formula is C12H26N2O3S. The second-order valence-electron chi connectivity index (χ2n) is 4.43. The zero-order valence-corrected chi connectivity index (χ0v) is 12.6. The number of nitrogens with zero attached hydrogens (tertiary/aromatic N) is 1. The maximum atomic E-state index is 11.4. The molecule has 5 nitrogen and oxygen atoms in total. The van der Waals surface area contributed by atoms with Crippen LogP contribution in [0.1, 0.15) is 46.5 Å². The molecule has 108 valence electrons. The zero-order valence-electron chi connectivity index (χ0n) is 11.7. The fourth-order valence-electron chi connectivity index (χ4n) is 1.66.